The fraction of sp³-hybridized carbons (Fsp3) is 0.231. The van der Waals surface area contributed by atoms with E-state index in [0.29, 0.717) is 16.8 Å². The molecule has 0 aromatic heterocycles. The number of sulfonamides is 1. The van der Waals surface area contributed by atoms with Gasteiger partial charge in [-0.3, -0.25) is 14.3 Å². The molecular formula is C26H27N3O4S. The van der Waals surface area contributed by atoms with Crippen LogP contribution >= 0.6 is 0 Å². The van der Waals surface area contributed by atoms with Crippen molar-refractivity contribution in [3.05, 3.63) is 88.5 Å². The standard InChI is InChI=1S/C26H27N3O4S/c1-16-8-9-18(3)24(14-16)34(32,33)29-22-7-5-4-6-21(22)26(31)28-23-15-19(11-10-17(23)2)25(30)27-20-12-13-20/h4-11,14-15,20,29H,12-13H2,1-3H3,(H,27,30)(H,28,31). The summed E-state index contributed by atoms with van der Waals surface area (Å²) in [5.41, 5.74) is 3.49. The molecule has 1 aliphatic carbocycles. The van der Waals surface area contributed by atoms with Gasteiger partial charge in [0.15, 0.2) is 0 Å². The molecule has 0 radical (unpaired) electrons. The lowest BCUT2D eigenvalue weighted by molar-refractivity contribution is 0.0949. The largest absolute Gasteiger partial charge is 0.349 e. The molecule has 0 atom stereocenters. The van der Waals surface area contributed by atoms with E-state index in [0.717, 1.165) is 24.0 Å². The molecule has 4 rings (SSSR count). The lowest BCUT2D eigenvalue weighted by atomic mass is 10.1. The van der Waals surface area contributed by atoms with Crippen LogP contribution in [0.5, 0.6) is 0 Å². The van der Waals surface area contributed by atoms with Crippen molar-refractivity contribution in [1.82, 2.24) is 5.32 Å². The number of hydrogen-bond donors (Lipinski definition) is 3. The maximum Gasteiger partial charge on any atom is 0.262 e. The molecule has 1 fully saturated rings. The summed E-state index contributed by atoms with van der Waals surface area (Å²) in [6.45, 7) is 5.37. The Morgan fingerprint density at radius 2 is 1.53 bits per heavy atom. The average molecular weight is 478 g/mol. The van der Waals surface area contributed by atoms with Gasteiger partial charge in [-0.15, -0.1) is 0 Å². The number of rotatable bonds is 7. The zero-order valence-corrected chi connectivity index (χ0v) is 20.1. The van der Waals surface area contributed by atoms with E-state index in [-0.39, 0.29) is 28.1 Å². The quantitative estimate of drug-likeness (QED) is 0.464. The highest BCUT2D eigenvalue weighted by Gasteiger charge is 2.24. The first-order valence-electron chi connectivity index (χ1n) is 11.1. The van der Waals surface area contributed by atoms with Crippen LogP contribution in [0.1, 0.15) is 50.2 Å². The normalized spacial score (nSPS) is 13.3. The van der Waals surface area contributed by atoms with Crippen LogP contribution in [0.4, 0.5) is 11.4 Å². The van der Waals surface area contributed by atoms with Gasteiger partial charge in [-0.1, -0.05) is 30.3 Å². The van der Waals surface area contributed by atoms with Crippen molar-refractivity contribution in [2.45, 2.75) is 44.6 Å². The van der Waals surface area contributed by atoms with Crippen molar-refractivity contribution in [2.24, 2.45) is 0 Å². The zero-order valence-electron chi connectivity index (χ0n) is 19.3. The number of aryl methyl sites for hydroxylation is 3. The van der Waals surface area contributed by atoms with Crippen molar-refractivity contribution in [2.75, 3.05) is 10.0 Å². The molecule has 0 saturated heterocycles. The second kappa shape index (κ2) is 9.30. The summed E-state index contributed by atoms with van der Waals surface area (Å²) >= 11 is 0. The molecule has 0 heterocycles. The summed E-state index contributed by atoms with van der Waals surface area (Å²) < 4.78 is 28.7. The van der Waals surface area contributed by atoms with E-state index in [9.17, 15) is 18.0 Å². The van der Waals surface area contributed by atoms with Gasteiger partial charge < -0.3 is 10.6 Å². The van der Waals surface area contributed by atoms with Crippen molar-refractivity contribution in [3.8, 4) is 0 Å². The van der Waals surface area contributed by atoms with Crippen molar-refractivity contribution in [1.29, 1.82) is 0 Å². The van der Waals surface area contributed by atoms with Crippen LogP contribution in [0.15, 0.2) is 65.6 Å². The Bertz CT molecular complexity index is 1380. The van der Waals surface area contributed by atoms with E-state index in [1.807, 2.05) is 19.9 Å². The number of amides is 2. The Labute approximate surface area is 199 Å². The van der Waals surface area contributed by atoms with Crippen LogP contribution in [-0.4, -0.2) is 26.3 Å². The highest BCUT2D eigenvalue weighted by molar-refractivity contribution is 7.92. The molecule has 0 spiro atoms. The average Bonchev–Trinajstić information content (AvgIpc) is 3.60. The SMILES string of the molecule is Cc1ccc(C)c(S(=O)(=O)Nc2ccccc2C(=O)Nc2cc(C(=O)NC3CC3)ccc2C)c1. The molecule has 7 nitrogen and oxygen atoms in total. The minimum Gasteiger partial charge on any atom is -0.349 e. The number of carbonyl (C=O) groups excluding carboxylic acids is 2. The first-order valence-corrected chi connectivity index (χ1v) is 12.5. The molecule has 0 bridgehead atoms. The summed E-state index contributed by atoms with van der Waals surface area (Å²) in [5.74, 6) is -0.665. The molecule has 1 aliphatic rings. The molecule has 34 heavy (non-hydrogen) atoms. The predicted octanol–water partition coefficient (Wildman–Crippen LogP) is 4.56. The number of hydrogen-bond acceptors (Lipinski definition) is 4. The molecular weight excluding hydrogens is 450 g/mol. The molecule has 3 aromatic rings. The zero-order chi connectivity index (χ0) is 24.5. The second-order valence-corrected chi connectivity index (χ2v) is 10.3. The summed E-state index contributed by atoms with van der Waals surface area (Å²) in [6.07, 6.45) is 1.96. The third-order valence-electron chi connectivity index (χ3n) is 5.71. The fourth-order valence-corrected chi connectivity index (χ4v) is 4.96. The topological polar surface area (TPSA) is 104 Å². The lowest BCUT2D eigenvalue weighted by Crippen LogP contribution is -2.25. The Kier molecular flexibility index (Phi) is 6.43. The smallest absolute Gasteiger partial charge is 0.262 e. The van der Waals surface area contributed by atoms with Gasteiger partial charge in [-0.05, 0) is 80.6 Å². The van der Waals surface area contributed by atoms with Crippen LogP contribution in [0.2, 0.25) is 0 Å². The molecule has 3 aromatic carbocycles. The maximum absolute atomic E-state index is 13.2. The lowest BCUT2D eigenvalue weighted by Gasteiger charge is -2.15. The number of nitrogens with one attached hydrogen (secondary N) is 3. The number of carbonyl (C=O) groups is 2. The number of anilines is 2. The van der Waals surface area contributed by atoms with Crippen LogP contribution in [0.25, 0.3) is 0 Å². The maximum atomic E-state index is 13.2. The van der Waals surface area contributed by atoms with Gasteiger partial charge in [-0.2, -0.15) is 0 Å². The van der Waals surface area contributed by atoms with Crippen LogP contribution < -0.4 is 15.4 Å². The monoisotopic (exact) mass is 477 g/mol. The van der Waals surface area contributed by atoms with Gasteiger partial charge in [0.25, 0.3) is 21.8 Å². The van der Waals surface area contributed by atoms with E-state index < -0.39 is 15.9 Å². The molecule has 0 unspecified atom stereocenters. The summed E-state index contributed by atoms with van der Waals surface area (Å²) in [4.78, 5) is 25.7. The first kappa shape index (κ1) is 23.5. The summed E-state index contributed by atoms with van der Waals surface area (Å²) in [6, 6.07) is 17.0. The number of para-hydroxylation sites is 1. The van der Waals surface area contributed by atoms with Gasteiger partial charge in [0.1, 0.15) is 0 Å². The van der Waals surface area contributed by atoms with Gasteiger partial charge in [0.2, 0.25) is 0 Å². The Morgan fingerprint density at radius 1 is 0.824 bits per heavy atom. The first-order chi connectivity index (χ1) is 16.1. The van der Waals surface area contributed by atoms with E-state index >= 15 is 0 Å². The van der Waals surface area contributed by atoms with Gasteiger partial charge >= 0.3 is 0 Å². The fourth-order valence-electron chi connectivity index (χ4n) is 3.55. The third kappa shape index (κ3) is 5.28. The Hall–Kier alpha value is -3.65. The van der Waals surface area contributed by atoms with Gasteiger partial charge in [0, 0.05) is 17.3 Å². The number of benzene rings is 3. The van der Waals surface area contributed by atoms with Crippen molar-refractivity contribution < 1.29 is 18.0 Å². The highest BCUT2D eigenvalue weighted by Crippen LogP contribution is 2.25. The van der Waals surface area contributed by atoms with E-state index in [4.69, 9.17) is 0 Å². The second-order valence-electron chi connectivity index (χ2n) is 8.65. The van der Waals surface area contributed by atoms with Crippen LogP contribution in [0.3, 0.4) is 0 Å². The highest BCUT2D eigenvalue weighted by atomic mass is 32.2. The van der Waals surface area contributed by atoms with Crippen LogP contribution in [-0.2, 0) is 10.0 Å². The Morgan fingerprint density at radius 3 is 2.26 bits per heavy atom. The minimum absolute atomic E-state index is 0.160. The Balaban J connectivity index is 1.59. The predicted molar refractivity (Wildman–Crippen MR) is 133 cm³/mol. The van der Waals surface area contributed by atoms with Crippen molar-refractivity contribution in [3.63, 3.8) is 0 Å². The molecule has 0 aliphatic heterocycles. The van der Waals surface area contributed by atoms with E-state index in [1.165, 1.54) is 0 Å². The summed E-state index contributed by atoms with van der Waals surface area (Å²) in [5, 5.41) is 5.76. The molecule has 2 amide bonds. The molecule has 1 saturated carbocycles. The molecule has 176 valence electrons. The van der Waals surface area contributed by atoms with Gasteiger partial charge in [0.05, 0.1) is 16.1 Å². The summed E-state index contributed by atoms with van der Waals surface area (Å²) in [7, 11) is -3.91. The molecule has 3 N–H and O–H groups in total. The van der Waals surface area contributed by atoms with Crippen molar-refractivity contribution >= 4 is 33.2 Å². The van der Waals surface area contributed by atoms with Crippen LogP contribution in [0, 0.1) is 20.8 Å². The van der Waals surface area contributed by atoms with E-state index in [1.54, 1.807) is 61.5 Å². The third-order valence-corrected chi connectivity index (χ3v) is 7.22. The minimum atomic E-state index is -3.91. The van der Waals surface area contributed by atoms with E-state index in [2.05, 4.69) is 15.4 Å². The van der Waals surface area contributed by atoms with Gasteiger partial charge in [-0.25, -0.2) is 8.42 Å². The molecule has 8 heteroatoms.